The van der Waals surface area contributed by atoms with Gasteiger partial charge in [0.25, 0.3) is 0 Å². The van der Waals surface area contributed by atoms with Gasteiger partial charge < -0.3 is 18.6 Å². The minimum atomic E-state index is -2.47. The van der Waals surface area contributed by atoms with Crippen LogP contribution >= 0.6 is 0 Å². The number of hydrogen-bond donors (Lipinski definition) is 0. The number of hydrogen-bond acceptors (Lipinski definition) is 7. The van der Waals surface area contributed by atoms with Gasteiger partial charge in [-0.3, -0.25) is 4.79 Å². The maximum Gasteiger partial charge on any atom is 0.303 e. The summed E-state index contributed by atoms with van der Waals surface area (Å²) >= 11 is 0. The fraction of sp³-hybridized carbons (Fsp3) is 0.640. The molecule has 2 unspecified atom stereocenters. The van der Waals surface area contributed by atoms with E-state index in [4.69, 9.17) is 28.4 Å². The second-order valence-electron chi connectivity index (χ2n) is 9.80. The molecule has 7 nitrogen and oxygen atoms in total. The average molecular weight is 482 g/mol. The van der Waals surface area contributed by atoms with Crippen LogP contribution in [0.5, 0.6) is 0 Å². The molecule has 0 spiro atoms. The van der Waals surface area contributed by atoms with Gasteiger partial charge in [-0.05, 0) is 30.6 Å². The number of carbonyl (C=O) groups excluding carboxylic acids is 1. The standard InChI is InChI=1S/C25H40O7Si/c1-10-16-28-25(17-20-14-12-11-13-15-20)23(32-33(8,9)24(4,5)6)22(31-27-7)21(18(2)30-25)29-19(3)26/h10-15,18,21-23H,1,16-17H2,2-9H3/t18-,21+,22+,23-,25?/m0/s1/i17D/t17?,18-,21+,22+,23-,25?. The molecule has 0 aromatic heterocycles. The van der Waals surface area contributed by atoms with Gasteiger partial charge in [0.15, 0.2) is 20.5 Å². The van der Waals surface area contributed by atoms with Gasteiger partial charge in [0, 0.05) is 14.7 Å². The molecule has 1 aliphatic heterocycles. The van der Waals surface area contributed by atoms with Crippen molar-refractivity contribution in [2.45, 2.75) is 89.4 Å². The van der Waals surface area contributed by atoms with Crippen molar-refractivity contribution in [1.29, 1.82) is 0 Å². The summed E-state index contributed by atoms with van der Waals surface area (Å²) in [6.45, 7) is 17.5. The van der Waals surface area contributed by atoms with Crippen molar-refractivity contribution in [1.82, 2.24) is 0 Å². The Morgan fingerprint density at radius 3 is 2.42 bits per heavy atom. The molecule has 33 heavy (non-hydrogen) atoms. The van der Waals surface area contributed by atoms with Crippen LogP contribution in [0, 0.1) is 0 Å². The zero-order chi connectivity index (χ0) is 25.7. The molecule has 186 valence electrons. The highest BCUT2D eigenvalue weighted by molar-refractivity contribution is 6.74. The average Bonchev–Trinajstić information content (AvgIpc) is 2.76. The monoisotopic (exact) mass is 481 g/mol. The Balaban J connectivity index is 2.73. The Morgan fingerprint density at radius 1 is 1.27 bits per heavy atom. The molecule has 2 rings (SSSR count). The molecule has 0 radical (unpaired) electrons. The fourth-order valence-electron chi connectivity index (χ4n) is 3.55. The molecule has 1 saturated heterocycles. The molecule has 0 bridgehead atoms. The third kappa shape index (κ3) is 6.74. The number of rotatable bonds is 10. The second kappa shape index (κ2) is 11.2. The first kappa shape index (κ1) is 26.1. The summed E-state index contributed by atoms with van der Waals surface area (Å²) in [5.74, 6) is -2.08. The van der Waals surface area contributed by atoms with Crippen molar-refractivity contribution >= 4 is 14.3 Å². The van der Waals surface area contributed by atoms with E-state index in [1.165, 1.54) is 14.0 Å². The Labute approximate surface area is 200 Å². The lowest BCUT2D eigenvalue weighted by Gasteiger charge is -2.53. The summed E-state index contributed by atoms with van der Waals surface area (Å²) < 4.78 is 34.6. The van der Waals surface area contributed by atoms with Crippen molar-refractivity contribution in [3.63, 3.8) is 0 Å². The minimum absolute atomic E-state index is 0.115. The van der Waals surface area contributed by atoms with Crippen LogP contribution in [0.4, 0.5) is 0 Å². The van der Waals surface area contributed by atoms with Gasteiger partial charge in [-0.25, -0.2) is 9.78 Å². The molecule has 1 aliphatic rings. The van der Waals surface area contributed by atoms with Gasteiger partial charge in [-0.2, -0.15) is 0 Å². The number of carbonyl (C=O) groups is 1. The summed E-state index contributed by atoms with van der Waals surface area (Å²) in [6.07, 6.45) is -2.78. The molecule has 0 saturated carbocycles. The quantitative estimate of drug-likeness (QED) is 0.156. The predicted molar refractivity (Wildman–Crippen MR) is 129 cm³/mol. The van der Waals surface area contributed by atoms with Crippen molar-refractivity contribution in [2.75, 3.05) is 13.7 Å². The van der Waals surface area contributed by atoms with Crippen molar-refractivity contribution < 1.29 is 34.6 Å². The van der Waals surface area contributed by atoms with Crippen LogP contribution < -0.4 is 0 Å². The van der Waals surface area contributed by atoms with Gasteiger partial charge in [-0.15, -0.1) is 6.58 Å². The van der Waals surface area contributed by atoms with E-state index in [9.17, 15) is 6.17 Å². The highest BCUT2D eigenvalue weighted by Gasteiger charge is 2.60. The summed E-state index contributed by atoms with van der Waals surface area (Å²) in [7, 11) is -1.09. The topological polar surface area (TPSA) is 72.5 Å². The van der Waals surface area contributed by atoms with Crippen LogP contribution in [0.25, 0.3) is 0 Å². The molecule has 1 fully saturated rings. The first-order chi connectivity index (χ1) is 15.8. The van der Waals surface area contributed by atoms with Crippen molar-refractivity contribution in [3.05, 3.63) is 48.6 Å². The normalized spacial score (nSPS) is 29.8. The van der Waals surface area contributed by atoms with Crippen molar-refractivity contribution in [2.24, 2.45) is 0 Å². The van der Waals surface area contributed by atoms with Gasteiger partial charge >= 0.3 is 5.97 Å². The van der Waals surface area contributed by atoms with Gasteiger partial charge in [0.05, 0.1) is 19.8 Å². The molecule has 0 aliphatic carbocycles. The van der Waals surface area contributed by atoms with Crippen LogP contribution in [0.2, 0.25) is 18.1 Å². The summed E-state index contributed by atoms with van der Waals surface area (Å²) in [5, 5.41) is -0.168. The number of ether oxygens (including phenoxy) is 3. The van der Waals surface area contributed by atoms with E-state index >= 15 is 0 Å². The Bertz CT molecular complexity index is 813. The van der Waals surface area contributed by atoms with Crippen molar-refractivity contribution in [3.8, 4) is 0 Å². The van der Waals surface area contributed by atoms with E-state index in [0.717, 1.165) is 0 Å². The molecule has 0 amide bonds. The van der Waals surface area contributed by atoms with Gasteiger partial charge in [0.2, 0.25) is 5.79 Å². The van der Waals surface area contributed by atoms with E-state index in [1.807, 2.05) is 30.3 Å². The maximum absolute atomic E-state index is 12.0. The zero-order valence-corrected chi connectivity index (χ0v) is 22.1. The number of esters is 1. The predicted octanol–water partition coefficient (Wildman–Crippen LogP) is 4.82. The Hall–Kier alpha value is -1.55. The molecule has 1 aromatic rings. The van der Waals surface area contributed by atoms with Crippen LogP contribution in [-0.2, 0) is 39.6 Å². The second-order valence-corrected chi connectivity index (χ2v) is 14.6. The molecule has 8 heteroatoms. The SMILES string of the molecule is [2H]C(c1ccccc1)C1(OCC=C)O[C@@H](C)[C@@H](OC(C)=O)[C@@H](OOC)[C@@H]1O[Si](C)(C)C(C)(C)C. The summed E-state index contributed by atoms with van der Waals surface area (Å²) in [4.78, 5) is 22.8. The molecular weight excluding hydrogens is 440 g/mol. The van der Waals surface area contributed by atoms with Gasteiger partial charge in [-0.1, -0.05) is 57.2 Å². The third-order valence-corrected chi connectivity index (χ3v) is 10.6. The lowest BCUT2D eigenvalue weighted by molar-refractivity contribution is -0.410. The van der Waals surface area contributed by atoms with Crippen LogP contribution in [-0.4, -0.2) is 58.2 Å². The number of benzene rings is 1. The molecular formula is C25H40O7Si. The molecule has 1 heterocycles. The summed E-state index contributed by atoms with van der Waals surface area (Å²) in [5.41, 5.74) is 0.685. The minimum Gasteiger partial charge on any atom is -0.457 e. The lowest BCUT2D eigenvalue weighted by atomic mass is 9.88. The first-order valence-electron chi connectivity index (χ1n) is 11.8. The van der Waals surface area contributed by atoms with Gasteiger partial charge in [0.1, 0.15) is 6.10 Å². The highest BCUT2D eigenvalue weighted by Crippen LogP contribution is 2.44. The van der Waals surface area contributed by atoms with Crippen LogP contribution in [0.1, 0.15) is 41.6 Å². The fourth-order valence-corrected chi connectivity index (χ4v) is 4.84. The molecule has 0 N–H and O–H groups in total. The maximum atomic E-state index is 12.0. The van der Waals surface area contributed by atoms with E-state index in [-0.39, 0.29) is 11.6 Å². The Kier molecular flexibility index (Phi) is 8.88. The molecule has 1 aromatic carbocycles. The van der Waals surface area contributed by atoms with E-state index in [2.05, 4.69) is 40.4 Å². The lowest BCUT2D eigenvalue weighted by Crippen LogP contribution is -2.70. The van der Waals surface area contributed by atoms with Crippen LogP contribution in [0.15, 0.2) is 43.0 Å². The highest BCUT2D eigenvalue weighted by atomic mass is 28.4. The van der Waals surface area contributed by atoms with E-state index < -0.39 is 50.9 Å². The zero-order valence-electron chi connectivity index (χ0n) is 22.1. The largest absolute Gasteiger partial charge is 0.457 e. The molecule has 6 atom stereocenters. The summed E-state index contributed by atoms with van der Waals surface area (Å²) in [6, 6.07) is 9.30. The first-order valence-corrected chi connectivity index (χ1v) is 14.2. The Morgan fingerprint density at radius 2 is 1.91 bits per heavy atom. The van der Waals surface area contributed by atoms with Crippen LogP contribution in [0.3, 0.4) is 0 Å². The smallest absolute Gasteiger partial charge is 0.303 e. The van der Waals surface area contributed by atoms with E-state index in [0.29, 0.717) is 5.56 Å². The van der Waals surface area contributed by atoms with E-state index in [1.54, 1.807) is 13.0 Å². The third-order valence-electron chi connectivity index (χ3n) is 6.18.